The highest BCUT2D eigenvalue weighted by Crippen LogP contribution is 2.21. The number of aromatic amines is 1. The summed E-state index contributed by atoms with van der Waals surface area (Å²) in [5.74, 6) is 0.948. The third-order valence-electron chi connectivity index (χ3n) is 5.38. The lowest BCUT2D eigenvalue weighted by molar-refractivity contribution is 0.612. The number of pyridine rings is 1. The highest BCUT2D eigenvalue weighted by molar-refractivity contribution is 5.83. The molecule has 7 heteroatoms. The summed E-state index contributed by atoms with van der Waals surface area (Å²) in [6.07, 6.45) is 6.67. The molecular weight excluding hydrogens is 367 g/mol. The molecule has 1 aromatic carbocycles. The predicted molar refractivity (Wildman–Crippen MR) is 116 cm³/mol. The van der Waals surface area contributed by atoms with Crippen molar-refractivity contribution in [3.8, 4) is 0 Å². The number of hydrogen-bond acceptors (Lipinski definition) is 3. The van der Waals surface area contributed by atoms with Gasteiger partial charge in [0.25, 0.3) is 0 Å². The van der Waals surface area contributed by atoms with Crippen LogP contribution >= 0.6 is 0 Å². The van der Waals surface area contributed by atoms with E-state index in [4.69, 9.17) is 0 Å². The van der Waals surface area contributed by atoms with E-state index < -0.39 is 0 Å². The van der Waals surface area contributed by atoms with Gasteiger partial charge >= 0.3 is 0 Å². The first-order valence-electron chi connectivity index (χ1n) is 10.1. The molecule has 0 spiro atoms. The van der Waals surface area contributed by atoms with Gasteiger partial charge in [-0.25, -0.2) is 9.37 Å². The van der Waals surface area contributed by atoms with E-state index in [9.17, 15) is 4.39 Å². The minimum absolute atomic E-state index is 0.219. The number of guanidine groups is 1. The molecule has 1 saturated heterocycles. The monoisotopic (exact) mass is 394 g/mol. The van der Waals surface area contributed by atoms with Crippen molar-refractivity contribution >= 4 is 22.7 Å². The summed E-state index contributed by atoms with van der Waals surface area (Å²) in [5, 5.41) is 8.14. The summed E-state index contributed by atoms with van der Waals surface area (Å²) in [6, 6.07) is 11.7. The number of benzene rings is 1. The van der Waals surface area contributed by atoms with Crippen LogP contribution in [-0.2, 0) is 6.42 Å². The zero-order chi connectivity index (χ0) is 20.1. The van der Waals surface area contributed by atoms with E-state index in [0.29, 0.717) is 12.4 Å². The first-order valence-corrected chi connectivity index (χ1v) is 10.1. The summed E-state index contributed by atoms with van der Waals surface area (Å²) in [4.78, 5) is 13.8. The number of H-pyrrole nitrogens is 1. The van der Waals surface area contributed by atoms with Crippen LogP contribution < -0.4 is 15.5 Å². The van der Waals surface area contributed by atoms with Gasteiger partial charge in [-0.1, -0.05) is 18.2 Å². The van der Waals surface area contributed by atoms with Crippen LogP contribution in [0.3, 0.4) is 0 Å². The fourth-order valence-electron chi connectivity index (χ4n) is 3.89. The molecule has 2 aromatic heterocycles. The highest BCUT2D eigenvalue weighted by Gasteiger charge is 2.25. The number of para-hydroxylation sites is 1. The lowest BCUT2D eigenvalue weighted by atomic mass is 10.1. The number of anilines is 1. The Morgan fingerprint density at radius 1 is 1.31 bits per heavy atom. The number of rotatable bonds is 6. The second kappa shape index (κ2) is 8.94. The second-order valence-electron chi connectivity index (χ2n) is 7.35. The van der Waals surface area contributed by atoms with Gasteiger partial charge in [0, 0.05) is 56.0 Å². The Kier molecular flexibility index (Phi) is 5.93. The fourth-order valence-corrected chi connectivity index (χ4v) is 3.89. The first kappa shape index (κ1) is 19.2. The summed E-state index contributed by atoms with van der Waals surface area (Å²) < 4.78 is 14.0. The van der Waals surface area contributed by atoms with E-state index in [1.807, 2.05) is 11.0 Å². The van der Waals surface area contributed by atoms with Gasteiger partial charge in [-0.05, 0) is 43.0 Å². The molecule has 0 aliphatic carbocycles. The maximum absolute atomic E-state index is 14.0. The molecule has 4 rings (SSSR count). The number of fused-ring (bicyclic) bond motifs is 1. The van der Waals surface area contributed by atoms with E-state index >= 15 is 0 Å². The van der Waals surface area contributed by atoms with Crippen LogP contribution in [0.15, 0.2) is 53.8 Å². The van der Waals surface area contributed by atoms with E-state index in [1.165, 1.54) is 22.5 Å². The van der Waals surface area contributed by atoms with E-state index in [2.05, 4.69) is 50.0 Å². The third-order valence-corrected chi connectivity index (χ3v) is 5.38. The normalized spacial score (nSPS) is 17.1. The lowest BCUT2D eigenvalue weighted by Crippen LogP contribution is -2.45. The Hall–Kier alpha value is -3.09. The van der Waals surface area contributed by atoms with Crippen molar-refractivity contribution in [3.05, 3.63) is 60.2 Å². The average molecular weight is 394 g/mol. The lowest BCUT2D eigenvalue weighted by Gasteiger charge is -2.20. The predicted octanol–water partition coefficient (Wildman–Crippen LogP) is 3.08. The van der Waals surface area contributed by atoms with Gasteiger partial charge in [-0.3, -0.25) is 4.99 Å². The van der Waals surface area contributed by atoms with Gasteiger partial charge in [0.2, 0.25) is 0 Å². The average Bonchev–Trinajstić information content (AvgIpc) is 3.38. The smallest absolute Gasteiger partial charge is 0.191 e. The highest BCUT2D eigenvalue weighted by atomic mass is 19.1. The summed E-state index contributed by atoms with van der Waals surface area (Å²) in [7, 11) is 1.78. The Labute approximate surface area is 170 Å². The molecule has 1 fully saturated rings. The summed E-state index contributed by atoms with van der Waals surface area (Å²) >= 11 is 0. The SMILES string of the molecule is CN=C(NCCCc1c[nH]c2ccccc12)NC1CCN(c2ncccc2F)C1. The van der Waals surface area contributed by atoms with Crippen LogP contribution in [0, 0.1) is 5.82 Å². The topological polar surface area (TPSA) is 68.3 Å². The molecule has 0 bridgehead atoms. The van der Waals surface area contributed by atoms with Gasteiger partial charge in [0.15, 0.2) is 17.6 Å². The Morgan fingerprint density at radius 3 is 3.07 bits per heavy atom. The molecule has 1 aliphatic heterocycles. The molecule has 3 heterocycles. The van der Waals surface area contributed by atoms with Crippen LogP contribution in [0.5, 0.6) is 0 Å². The summed E-state index contributed by atoms with van der Waals surface area (Å²) in [5.41, 5.74) is 2.53. The molecule has 0 saturated carbocycles. The summed E-state index contributed by atoms with van der Waals surface area (Å²) in [6.45, 7) is 2.33. The minimum Gasteiger partial charge on any atom is -0.361 e. The molecular formula is C22H27FN6. The third kappa shape index (κ3) is 4.50. The molecule has 29 heavy (non-hydrogen) atoms. The van der Waals surface area contributed by atoms with E-state index in [-0.39, 0.29) is 11.9 Å². The quantitative estimate of drug-likeness (QED) is 0.341. The fraction of sp³-hybridized carbons (Fsp3) is 0.364. The second-order valence-corrected chi connectivity index (χ2v) is 7.35. The standard InChI is InChI=1S/C22H27FN6/c1-24-22(26-12-4-6-16-14-27-20-9-3-2-7-18(16)20)28-17-10-13-29(15-17)21-19(23)8-5-11-25-21/h2-3,5,7-9,11,14,17,27H,4,6,10,12-13,15H2,1H3,(H2,24,26,28). The number of halogens is 1. The van der Waals surface area contributed by atoms with Crippen molar-refractivity contribution in [1.82, 2.24) is 20.6 Å². The van der Waals surface area contributed by atoms with Crippen molar-refractivity contribution in [3.63, 3.8) is 0 Å². The van der Waals surface area contributed by atoms with Crippen molar-refractivity contribution in [2.75, 3.05) is 31.6 Å². The molecule has 0 radical (unpaired) electrons. The number of nitrogens with one attached hydrogen (secondary N) is 3. The maximum Gasteiger partial charge on any atom is 0.191 e. The van der Waals surface area contributed by atoms with Crippen LogP contribution in [0.4, 0.5) is 10.2 Å². The van der Waals surface area contributed by atoms with E-state index in [1.54, 1.807) is 19.3 Å². The van der Waals surface area contributed by atoms with Crippen LogP contribution in [0.2, 0.25) is 0 Å². The van der Waals surface area contributed by atoms with Crippen molar-refractivity contribution in [1.29, 1.82) is 0 Å². The number of aryl methyl sites for hydroxylation is 1. The molecule has 152 valence electrons. The Morgan fingerprint density at radius 2 is 2.21 bits per heavy atom. The van der Waals surface area contributed by atoms with Gasteiger partial charge in [0.1, 0.15) is 0 Å². The molecule has 1 aliphatic rings. The van der Waals surface area contributed by atoms with Crippen molar-refractivity contribution in [2.45, 2.75) is 25.3 Å². The van der Waals surface area contributed by atoms with Gasteiger partial charge < -0.3 is 20.5 Å². The molecule has 6 nitrogen and oxygen atoms in total. The Balaban J connectivity index is 1.23. The largest absolute Gasteiger partial charge is 0.361 e. The van der Waals surface area contributed by atoms with Crippen LogP contribution in [0.1, 0.15) is 18.4 Å². The van der Waals surface area contributed by atoms with Crippen molar-refractivity contribution in [2.24, 2.45) is 4.99 Å². The van der Waals surface area contributed by atoms with Gasteiger partial charge in [-0.15, -0.1) is 0 Å². The van der Waals surface area contributed by atoms with Gasteiger partial charge in [-0.2, -0.15) is 0 Å². The molecule has 0 amide bonds. The number of nitrogens with zero attached hydrogens (tertiary/aromatic N) is 3. The molecule has 1 unspecified atom stereocenters. The molecule has 3 N–H and O–H groups in total. The van der Waals surface area contributed by atoms with E-state index in [0.717, 1.165) is 38.3 Å². The Bertz CT molecular complexity index is 982. The zero-order valence-electron chi connectivity index (χ0n) is 16.7. The molecule has 1 atom stereocenters. The van der Waals surface area contributed by atoms with Crippen LogP contribution in [0.25, 0.3) is 10.9 Å². The zero-order valence-corrected chi connectivity index (χ0v) is 16.7. The number of hydrogen-bond donors (Lipinski definition) is 3. The maximum atomic E-state index is 14.0. The number of aromatic nitrogens is 2. The van der Waals surface area contributed by atoms with Crippen molar-refractivity contribution < 1.29 is 4.39 Å². The number of aliphatic imine (C=N–C) groups is 1. The minimum atomic E-state index is -0.270. The van der Waals surface area contributed by atoms with Gasteiger partial charge in [0.05, 0.1) is 0 Å². The molecule has 3 aromatic rings. The van der Waals surface area contributed by atoms with Crippen LogP contribution in [-0.4, -0.2) is 48.7 Å². The first-order chi connectivity index (χ1) is 14.2.